The van der Waals surface area contributed by atoms with Gasteiger partial charge in [-0.3, -0.25) is 9.69 Å². The van der Waals surface area contributed by atoms with Gasteiger partial charge in [0.1, 0.15) is 0 Å². The predicted octanol–water partition coefficient (Wildman–Crippen LogP) is 0.618. The first-order chi connectivity index (χ1) is 7.77. The highest BCUT2D eigenvalue weighted by Gasteiger charge is 2.26. The van der Waals surface area contributed by atoms with Crippen LogP contribution in [0.5, 0.6) is 0 Å². The van der Waals surface area contributed by atoms with Crippen molar-refractivity contribution in [3.8, 4) is 0 Å². The SMILES string of the molecule is CC1C(=O)NCCCN1CC1CCNCC1.Cl. The summed E-state index contributed by atoms with van der Waals surface area (Å²) in [6.45, 7) is 7.30. The fourth-order valence-electron chi connectivity index (χ4n) is 2.65. The van der Waals surface area contributed by atoms with Gasteiger partial charge < -0.3 is 10.6 Å². The third kappa shape index (κ3) is 4.12. The second-order valence-corrected chi connectivity index (χ2v) is 5.01. The highest BCUT2D eigenvalue weighted by atomic mass is 35.5. The molecule has 0 saturated carbocycles. The van der Waals surface area contributed by atoms with Crippen molar-refractivity contribution in [2.24, 2.45) is 5.92 Å². The summed E-state index contributed by atoms with van der Waals surface area (Å²) in [5.74, 6) is 0.973. The Hall–Kier alpha value is -0.320. The zero-order valence-corrected chi connectivity index (χ0v) is 11.4. The molecule has 1 atom stereocenters. The highest BCUT2D eigenvalue weighted by Crippen LogP contribution is 2.16. The molecule has 2 saturated heterocycles. The van der Waals surface area contributed by atoms with E-state index in [1.165, 1.54) is 12.8 Å². The van der Waals surface area contributed by atoms with Crippen molar-refractivity contribution in [3.63, 3.8) is 0 Å². The topological polar surface area (TPSA) is 44.4 Å². The van der Waals surface area contributed by atoms with E-state index in [1.807, 2.05) is 6.92 Å². The minimum Gasteiger partial charge on any atom is -0.355 e. The van der Waals surface area contributed by atoms with Gasteiger partial charge in [0, 0.05) is 19.6 Å². The van der Waals surface area contributed by atoms with Crippen molar-refractivity contribution in [1.29, 1.82) is 0 Å². The first kappa shape index (κ1) is 14.7. The van der Waals surface area contributed by atoms with E-state index in [-0.39, 0.29) is 24.4 Å². The number of carbonyl (C=O) groups excluding carboxylic acids is 1. The van der Waals surface area contributed by atoms with Crippen molar-refractivity contribution < 1.29 is 4.79 Å². The lowest BCUT2D eigenvalue weighted by Gasteiger charge is -2.31. The van der Waals surface area contributed by atoms with Gasteiger partial charge in [-0.1, -0.05) is 0 Å². The minimum atomic E-state index is 0. The summed E-state index contributed by atoms with van der Waals surface area (Å²) in [4.78, 5) is 14.1. The largest absolute Gasteiger partial charge is 0.355 e. The van der Waals surface area contributed by atoms with Gasteiger partial charge in [-0.05, 0) is 45.2 Å². The smallest absolute Gasteiger partial charge is 0.237 e. The lowest BCUT2D eigenvalue weighted by Crippen LogP contribution is -2.45. The summed E-state index contributed by atoms with van der Waals surface area (Å²) in [6, 6.07) is 0.0531. The van der Waals surface area contributed by atoms with E-state index in [9.17, 15) is 4.79 Å². The molecule has 0 radical (unpaired) electrons. The Kier molecular flexibility index (Phi) is 6.23. The minimum absolute atomic E-state index is 0. The second kappa shape index (κ2) is 7.19. The lowest BCUT2D eigenvalue weighted by atomic mass is 9.97. The zero-order valence-electron chi connectivity index (χ0n) is 10.6. The Balaban J connectivity index is 0.00000144. The van der Waals surface area contributed by atoms with Gasteiger partial charge in [0.2, 0.25) is 5.91 Å². The molecule has 5 heteroatoms. The lowest BCUT2D eigenvalue weighted by molar-refractivity contribution is -0.125. The number of nitrogens with zero attached hydrogens (tertiary/aromatic N) is 1. The average molecular weight is 262 g/mol. The molecule has 0 aliphatic carbocycles. The molecule has 4 nitrogen and oxygen atoms in total. The molecule has 0 aromatic carbocycles. The number of piperidine rings is 1. The normalized spacial score (nSPS) is 28.1. The van der Waals surface area contributed by atoms with E-state index in [1.54, 1.807) is 0 Å². The summed E-state index contributed by atoms with van der Waals surface area (Å²) < 4.78 is 0. The molecule has 2 fully saturated rings. The van der Waals surface area contributed by atoms with E-state index in [4.69, 9.17) is 0 Å². The Morgan fingerprint density at radius 1 is 1.29 bits per heavy atom. The molecule has 0 bridgehead atoms. The summed E-state index contributed by atoms with van der Waals surface area (Å²) in [5, 5.41) is 6.36. The molecule has 2 aliphatic rings. The van der Waals surface area contributed by atoms with Gasteiger partial charge in [-0.25, -0.2) is 0 Å². The molecule has 0 aromatic heterocycles. The number of hydrogen-bond acceptors (Lipinski definition) is 3. The molecule has 1 amide bonds. The van der Waals surface area contributed by atoms with Crippen molar-refractivity contribution >= 4 is 18.3 Å². The van der Waals surface area contributed by atoms with E-state index in [0.717, 1.165) is 45.1 Å². The monoisotopic (exact) mass is 261 g/mol. The maximum absolute atomic E-state index is 11.7. The molecule has 17 heavy (non-hydrogen) atoms. The van der Waals surface area contributed by atoms with Crippen LogP contribution in [-0.2, 0) is 4.79 Å². The van der Waals surface area contributed by atoms with Crippen LogP contribution in [-0.4, -0.2) is 49.6 Å². The van der Waals surface area contributed by atoms with Crippen LogP contribution in [0.2, 0.25) is 0 Å². The van der Waals surface area contributed by atoms with Crippen molar-refractivity contribution in [2.45, 2.75) is 32.2 Å². The molecule has 1 unspecified atom stereocenters. The molecular weight excluding hydrogens is 238 g/mol. The van der Waals surface area contributed by atoms with E-state index >= 15 is 0 Å². The maximum atomic E-state index is 11.7. The summed E-state index contributed by atoms with van der Waals surface area (Å²) >= 11 is 0. The molecule has 2 N–H and O–H groups in total. The van der Waals surface area contributed by atoms with Crippen LogP contribution in [0.3, 0.4) is 0 Å². The van der Waals surface area contributed by atoms with Gasteiger partial charge in [0.05, 0.1) is 6.04 Å². The zero-order chi connectivity index (χ0) is 11.4. The molecular formula is C12H24ClN3O. The second-order valence-electron chi connectivity index (χ2n) is 5.01. The summed E-state index contributed by atoms with van der Waals surface area (Å²) in [6.07, 6.45) is 3.59. The van der Waals surface area contributed by atoms with Crippen LogP contribution in [0, 0.1) is 5.92 Å². The van der Waals surface area contributed by atoms with Gasteiger partial charge in [-0.2, -0.15) is 0 Å². The first-order valence-electron chi connectivity index (χ1n) is 6.50. The number of carbonyl (C=O) groups is 1. The molecule has 2 aliphatic heterocycles. The predicted molar refractivity (Wildman–Crippen MR) is 71.5 cm³/mol. The summed E-state index contributed by atoms with van der Waals surface area (Å²) in [7, 11) is 0. The molecule has 0 aromatic rings. The van der Waals surface area contributed by atoms with E-state index < -0.39 is 0 Å². The Morgan fingerprint density at radius 2 is 2.00 bits per heavy atom. The number of rotatable bonds is 2. The molecule has 0 spiro atoms. The van der Waals surface area contributed by atoms with Crippen LogP contribution in [0.1, 0.15) is 26.2 Å². The fraction of sp³-hybridized carbons (Fsp3) is 0.917. The maximum Gasteiger partial charge on any atom is 0.237 e. The molecule has 100 valence electrons. The van der Waals surface area contributed by atoms with Crippen LogP contribution >= 0.6 is 12.4 Å². The van der Waals surface area contributed by atoms with Crippen LogP contribution in [0.15, 0.2) is 0 Å². The highest BCUT2D eigenvalue weighted by molar-refractivity contribution is 5.85. The van der Waals surface area contributed by atoms with Crippen molar-refractivity contribution in [2.75, 3.05) is 32.7 Å². The standard InChI is InChI=1S/C12H23N3O.ClH/c1-10-12(16)14-5-2-8-15(10)9-11-3-6-13-7-4-11;/h10-11,13H,2-9H2,1H3,(H,14,16);1H. The Bertz CT molecular complexity index is 244. The number of hydrogen-bond donors (Lipinski definition) is 2. The first-order valence-corrected chi connectivity index (χ1v) is 6.50. The molecule has 2 rings (SSSR count). The average Bonchev–Trinajstić information content (AvgIpc) is 2.46. The van der Waals surface area contributed by atoms with Crippen molar-refractivity contribution in [1.82, 2.24) is 15.5 Å². The van der Waals surface area contributed by atoms with Crippen LogP contribution in [0.4, 0.5) is 0 Å². The van der Waals surface area contributed by atoms with Gasteiger partial charge in [0.15, 0.2) is 0 Å². The van der Waals surface area contributed by atoms with Crippen LogP contribution in [0.25, 0.3) is 0 Å². The number of halogens is 1. The third-order valence-corrected chi connectivity index (χ3v) is 3.80. The quantitative estimate of drug-likeness (QED) is 0.766. The van der Waals surface area contributed by atoms with Gasteiger partial charge >= 0.3 is 0 Å². The van der Waals surface area contributed by atoms with Gasteiger partial charge in [-0.15, -0.1) is 12.4 Å². The Morgan fingerprint density at radius 3 is 2.71 bits per heavy atom. The fourth-order valence-corrected chi connectivity index (χ4v) is 2.65. The molecule has 2 heterocycles. The Labute approximate surface area is 110 Å². The number of nitrogens with one attached hydrogen (secondary N) is 2. The van der Waals surface area contributed by atoms with E-state index in [0.29, 0.717) is 0 Å². The van der Waals surface area contributed by atoms with Crippen molar-refractivity contribution in [3.05, 3.63) is 0 Å². The van der Waals surface area contributed by atoms with Crippen LogP contribution < -0.4 is 10.6 Å². The van der Waals surface area contributed by atoms with E-state index in [2.05, 4.69) is 15.5 Å². The third-order valence-electron chi connectivity index (χ3n) is 3.80. The summed E-state index contributed by atoms with van der Waals surface area (Å²) in [5.41, 5.74) is 0. The number of amides is 1. The van der Waals surface area contributed by atoms with Gasteiger partial charge in [0.25, 0.3) is 0 Å².